The van der Waals surface area contributed by atoms with Crippen molar-refractivity contribution in [2.24, 2.45) is 5.92 Å². The quantitative estimate of drug-likeness (QED) is 0.884. The summed E-state index contributed by atoms with van der Waals surface area (Å²) in [5, 5.41) is 3.79. The van der Waals surface area contributed by atoms with Crippen LogP contribution in [0.15, 0.2) is 42.5 Å². The Bertz CT molecular complexity index is 790. The average molecular weight is 363 g/mol. The van der Waals surface area contributed by atoms with E-state index in [9.17, 15) is 9.59 Å². The highest BCUT2D eigenvalue weighted by atomic mass is 35.5. The van der Waals surface area contributed by atoms with Crippen molar-refractivity contribution in [3.8, 4) is 0 Å². The van der Waals surface area contributed by atoms with Gasteiger partial charge in [-0.15, -0.1) is 0 Å². The number of nitrogens with zero attached hydrogens (tertiary/aromatic N) is 1. The lowest BCUT2D eigenvalue weighted by Gasteiger charge is -2.18. The first-order valence-corrected chi connectivity index (χ1v) is 8.32. The van der Waals surface area contributed by atoms with Gasteiger partial charge in [0.2, 0.25) is 11.8 Å². The third-order valence-corrected chi connectivity index (χ3v) is 4.57. The molecule has 1 heterocycles. The Morgan fingerprint density at radius 1 is 1.17 bits per heavy atom. The highest BCUT2D eigenvalue weighted by molar-refractivity contribution is 6.36. The molecule has 0 saturated carbocycles. The molecule has 2 aromatic carbocycles. The standard InChI is InChI=1S/C18H16Cl2N2O2/c1-11-2-5-14(6-3-11)21-18(24)12-8-17(23)22(10-12)16-9-13(19)4-7-15(16)20/h2-7,9,12H,8,10H2,1H3,(H,21,24). The molecule has 0 radical (unpaired) electrons. The molecule has 0 aromatic heterocycles. The van der Waals surface area contributed by atoms with E-state index in [1.807, 2.05) is 31.2 Å². The molecule has 1 saturated heterocycles. The van der Waals surface area contributed by atoms with Crippen molar-refractivity contribution >= 4 is 46.4 Å². The molecular weight excluding hydrogens is 347 g/mol. The van der Waals surface area contributed by atoms with E-state index in [1.54, 1.807) is 18.2 Å². The van der Waals surface area contributed by atoms with Gasteiger partial charge in [0, 0.05) is 23.7 Å². The number of carbonyl (C=O) groups is 2. The zero-order chi connectivity index (χ0) is 17.3. The maximum Gasteiger partial charge on any atom is 0.229 e. The van der Waals surface area contributed by atoms with Crippen LogP contribution in [0.2, 0.25) is 10.0 Å². The monoisotopic (exact) mass is 362 g/mol. The van der Waals surface area contributed by atoms with E-state index in [2.05, 4.69) is 5.32 Å². The summed E-state index contributed by atoms with van der Waals surface area (Å²) in [7, 11) is 0. The van der Waals surface area contributed by atoms with Crippen LogP contribution in [0.25, 0.3) is 0 Å². The van der Waals surface area contributed by atoms with Crippen LogP contribution in [0, 0.1) is 12.8 Å². The van der Waals surface area contributed by atoms with Crippen LogP contribution in [0.4, 0.5) is 11.4 Å². The number of carbonyl (C=O) groups excluding carboxylic acids is 2. The maximum atomic E-state index is 12.4. The summed E-state index contributed by atoms with van der Waals surface area (Å²) >= 11 is 12.1. The Labute approximate surface area is 150 Å². The second kappa shape index (κ2) is 6.83. The van der Waals surface area contributed by atoms with Gasteiger partial charge >= 0.3 is 0 Å². The Balaban J connectivity index is 1.73. The van der Waals surface area contributed by atoms with E-state index in [0.29, 0.717) is 15.7 Å². The van der Waals surface area contributed by atoms with Crippen molar-refractivity contribution in [1.29, 1.82) is 0 Å². The number of nitrogens with one attached hydrogen (secondary N) is 1. The molecule has 1 fully saturated rings. The number of aryl methyl sites for hydroxylation is 1. The van der Waals surface area contributed by atoms with Gasteiger partial charge in [-0.3, -0.25) is 9.59 Å². The van der Waals surface area contributed by atoms with Crippen LogP contribution in [0.3, 0.4) is 0 Å². The summed E-state index contributed by atoms with van der Waals surface area (Å²) in [6, 6.07) is 12.5. The van der Waals surface area contributed by atoms with Crippen molar-refractivity contribution in [2.45, 2.75) is 13.3 Å². The third-order valence-electron chi connectivity index (χ3n) is 4.01. The fourth-order valence-electron chi connectivity index (χ4n) is 2.69. The Morgan fingerprint density at radius 3 is 2.58 bits per heavy atom. The summed E-state index contributed by atoms with van der Waals surface area (Å²) < 4.78 is 0. The van der Waals surface area contributed by atoms with E-state index >= 15 is 0 Å². The lowest BCUT2D eigenvalue weighted by molar-refractivity contribution is -0.122. The minimum atomic E-state index is -0.422. The van der Waals surface area contributed by atoms with Crippen LogP contribution in [0.1, 0.15) is 12.0 Å². The molecule has 0 spiro atoms. The molecule has 6 heteroatoms. The van der Waals surface area contributed by atoms with Crippen molar-refractivity contribution in [3.05, 3.63) is 58.1 Å². The molecular formula is C18H16Cl2N2O2. The molecule has 24 heavy (non-hydrogen) atoms. The Hall–Kier alpha value is -2.04. The minimum absolute atomic E-state index is 0.136. The first-order chi connectivity index (χ1) is 11.4. The van der Waals surface area contributed by atoms with E-state index in [-0.39, 0.29) is 24.8 Å². The highest BCUT2D eigenvalue weighted by Crippen LogP contribution is 2.33. The first-order valence-electron chi connectivity index (χ1n) is 7.57. The van der Waals surface area contributed by atoms with Gasteiger partial charge in [-0.2, -0.15) is 0 Å². The molecule has 1 unspecified atom stereocenters. The zero-order valence-corrected chi connectivity index (χ0v) is 14.6. The van der Waals surface area contributed by atoms with Gasteiger partial charge in [-0.25, -0.2) is 0 Å². The molecule has 2 aromatic rings. The number of hydrogen-bond acceptors (Lipinski definition) is 2. The van der Waals surface area contributed by atoms with Crippen molar-refractivity contribution < 1.29 is 9.59 Å². The summed E-state index contributed by atoms with van der Waals surface area (Å²) in [6.07, 6.45) is 0.153. The Morgan fingerprint density at radius 2 is 1.88 bits per heavy atom. The topological polar surface area (TPSA) is 49.4 Å². The van der Waals surface area contributed by atoms with Crippen LogP contribution in [-0.4, -0.2) is 18.4 Å². The van der Waals surface area contributed by atoms with Crippen LogP contribution < -0.4 is 10.2 Å². The number of amides is 2. The van der Waals surface area contributed by atoms with Crippen LogP contribution in [-0.2, 0) is 9.59 Å². The number of halogens is 2. The smallest absolute Gasteiger partial charge is 0.229 e. The SMILES string of the molecule is Cc1ccc(NC(=O)C2CC(=O)N(c3cc(Cl)ccc3Cl)C2)cc1. The molecule has 2 amide bonds. The molecule has 124 valence electrons. The number of benzene rings is 2. The molecule has 1 aliphatic rings. The Kier molecular flexibility index (Phi) is 4.78. The minimum Gasteiger partial charge on any atom is -0.326 e. The molecule has 1 aliphatic heterocycles. The van der Waals surface area contributed by atoms with Gasteiger partial charge in [0.25, 0.3) is 0 Å². The second-order valence-electron chi connectivity index (χ2n) is 5.86. The summed E-state index contributed by atoms with van der Waals surface area (Å²) in [5.41, 5.74) is 2.38. The van der Waals surface area contributed by atoms with Gasteiger partial charge < -0.3 is 10.2 Å². The number of anilines is 2. The number of hydrogen-bond donors (Lipinski definition) is 1. The fraction of sp³-hybridized carbons (Fsp3) is 0.222. The third kappa shape index (κ3) is 3.55. The zero-order valence-electron chi connectivity index (χ0n) is 13.1. The normalized spacial score (nSPS) is 17.2. The predicted molar refractivity (Wildman–Crippen MR) is 96.7 cm³/mol. The molecule has 3 rings (SSSR count). The molecule has 4 nitrogen and oxygen atoms in total. The predicted octanol–water partition coefficient (Wildman–Crippen LogP) is 4.29. The van der Waals surface area contributed by atoms with E-state index < -0.39 is 5.92 Å². The lowest BCUT2D eigenvalue weighted by atomic mass is 10.1. The van der Waals surface area contributed by atoms with Crippen molar-refractivity contribution in [2.75, 3.05) is 16.8 Å². The van der Waals surface area contributed by atoms with Gasteiger partial charge in [0.05, 0.1) is 16.6 Å². The van der Waals surface area contributed by atoms with Crippen molar-refractivity contribution in [1.82, 2.24) is 0 Å². The summed E-state index contributed by atoms with van der Waals surface area (Å²) in [5.74, 6) is -0.732. The molecule has 1 N–H and O–H groups in total. The van der Waals surface area contributed by atoms with Gasteiger partial charge in [-0.05, 0) is 37.3 Å². The van der Waals surface area contributed by atoms with Crippen LogP contribution in [0.5, 0.6) is 0 Å². The molecule has 1 atom stereocenters. The van der Waals surface area contributed by atoms with Gasteiger partial charge in [-0.1, -0.05) is 40.9 Å². The fourth-order valence-corrected chi connectivity index (χ4v) is 3.08. The highest BCUT2D eigenvalue weighted by Gasteiger charge is 2.36. The number of rotatable bonds is 3. The van der Waals surface area contributed by atoms with Crippen molar-refractivity contribution in [3.63, 3.8) is 0 Å². The van der Waals surface area contributed by atoms with E-state index in [0.717, 1.165) is 11.3 Å². The lowest BCUT2D eigenvalue weighted by Crippen LogP contribution is -2.28. The van der Waals surface area contributed by atoms with Crippen LogP contribution >= 0.6 is 23.2 Å². The molecule has 0 bridgehead atoms. The summed E-state index contributed by atoms with van der Waals surface area (Å²) in [4.78, 5) is 26.2. The second-order valence-corrected chi connectivity index (χ2v) is 6.70. The summed E-state index contributed by atoms with van der Waals surface area (Å²) in [6.45, 7) is 2.27. The van der Waals surface area contributed by atoms with E-state index in [4.69, 9.17) is 23.2 Å². The average Bonchev–Trinajstić information content (AvgIpc) is 2.94. The molecule has 0 aliphatic carbocycles. The van der Waals surface area contributed by atoms with Gasteiger partial charge in [0.1, 0.15) is 0 Å². The maximum absolute atomic E-state index is 12.4. The van der Waals surface area contributed by atoms with E-state index in [1.165, 1.54) is 4.90 Å². The first kappa shape index (κ1) is 16.8. The largest absolute Gasteiger partial charge is 0.326 e. The van der Waals surface area contributed by atoms with Gasteiger partial charge in [0.15, 0.2) is 0 Å².